The number of rotatable bonds is 4. The molecule has 0 saturated carbocycles. The summed E-state index contributed by atoms with van der Waals surface area (Å²) in [5, 5.41) is 1.17. The van der Waals surface area contributed by atoms with Gasteiger partial charge in [-0.2, -0.15) is 4.37 Å². The minimum atomic E-state index is -0.468. The van der Waals surface area contributed by atoms with Crippen LogP contribution in [0.4, 0.5) is 5.13 Å². The first-order chi connectivity index (χ1) is 11.5. The fourth-order valence-corrected chi connectivity index (χ4v) is 3.60. The van der Waals surface area contributed by atoms with Crippen LogP contribution in [-0.2, 0) is 11.2 Å². The van der Waals surface area contributed by atoms with Crippen LogP contribution in [0.1, 0.15) is 18.3 Å². The van der Waals surface area contributed by atoms with Gasteiger partial charge in [0, 0.05) is 49.2 Å². The minimum Gasteiger partial charge on any atom is -0.343 e. The average molecular weight is 385 g/mol. The van der Waals surface area contributed by atoms with E-state index in [0.717, 1.165) is 34.6 Å². The van der Waals surface area contributed by atoms with Crippen molar-refractivity contribution in [2.24, 2.45) is 0 Å². The van der Waals surface area contributed by atoms with Crippen LogP contribution in [0.5, 0.6) is 0 Å². The monoisotopic (exact) mass is 384 g/mol. The molecular weight excluding hydrogens is 367 g/mol. The molecule has 0 spiro atoms. The lowest BCUT2D eigenvalue weighted by Gasteiger charge is -2.34. The van der Waals surface area contributed by atoms with Crippen LogP contribution < -0.4 is 4.90 Å². The number of halogens is 2. The number of piperazine rings is 1. The average Bonchev–Trinajstić information content (AvgIpc) is 3.05. The van der Waals surface area contributed by atoms with Gasteiger partial charge < -0.3 is 9.80 Å². The van der Waals surface area contributed by atoms with Crippen molar-refractivity contribution in [2.45, 2.75) is 18.7 Å². The predicted octanol–water partition coefficient (Wildman–Crippen LogP) is 3.06. The van der Waals surface area contributed by atoms with Gasteiger partial charge in [0.2, 0.25) is 11.0 Å². The molecule has 0 bridgehead atoms. The molecule has 0 aliphatic carbocycles. The van der Waals surface area contributed by atoms with Crippen LogP contribution in [0.15, 0.2) is 24.3 Å². The Labute approximate surface area is 155 Å². The highest BCUT2D eigenvalue weighted by atomic mass is 35.5. The zero-order valence-corrected chi connectivity index (χ0v) is 15.6. The van der Waals surface area contributed by atoms with Crippen molar-refractivity contribution >= 4 is 45.8 Å². The molecule has 1 aliphatic heterocycles. The van der Waals surface area contributed by atoms with Crippen LogP contribution in [0.25, 0.3) is 0 Å². The van der Waals surface area contributed by atoms with E-state index in [1.165, 1.54) is 11.5 Å². The predicted molar refractivity (Wildman–Crippen MR) is 98.3 cm³/mol. The number of amides is 1. The number of carbonyl (C=O) groups excluding carboxylic acids is 1. The lowest BCUT2D eigenvalue weighted by molar-refractivity contribution is -0.130. The molecule has 1 atom stereocenters. The Balaban J connectivity index is 1.58. The lowest BCUT2D eigenvalue weighted by atomic mass is 10.1. The fraction of sp³-hybridized carbons (Fsp3) is 0.438. The van der Waals surface area contributed by atoms with Gasteiger partial charge in [-0.15, -0.1) is 11.6 Å². The van der Waals surface area contributed by atoms with Crippen molar-refractivity contribution in [3.63, 3.8) is 0 Å². The number of alkyl halides is 1. The lowest BCUT2D eigenvalue weighted by Crippen LogP contribution is -2.50. The Morgan fingerprint density at radius 1 is 1.25 bits per heavy atom. The summed E-state index contributed by atoms with van der Waals surface area (Å²) in [4.78, 5) is 20.5. The van der Waals surface area contributed by atoms with Gasteiger partial charge in [-0.3, -0.25) is 4.79 Å². The Morgan fingerprint density at radius 3 is 2.54 bits per heavy atom. The van der Waals surface area contributed by atoms with Crippen molar-refractivity contribution in [3.8, 4) is 0 Å². The van der Waals surface area contributed by atoms with E-state index in [1.807, 2.05) is 29.2 Å². The molecule has 1 fully saturated rings. The van der Waals surface area contributed by atoms with Gasteiger partial charge >= 0.3 is 0 Å². The van der Waals surface area contributed by atoms with Gasteiger partial charge in [0.1, 0.15) is 11.2 Å². The molecule has 2 aromatic rings. The van der Waals surface area contributed by atoms with Crippen molar-refractivity contribution < 1.29 is 4.79 Å². The number of carbonyl (C=O) groups is 1. The summed E-state index contributed by atoms with van der Waals surface area (Å²) in [7, 11) is 0. The number of hydrogen-bond donors (Lipinski definition) is 0. The molecule has 24 heavy (non-hydrogen) atoms. The molecule has 0 N–H and O–H groups in total. The first-order valence-electron chi connectivity index (χ1n) is 7.78. The zero-order chi connectivity index (χ0) is 17.1. The third-order valence-corrected chi connectivity index (χ3v) is 5.19. The molecule has 5 nitrogen and oxygen atoms in total. The summed E-state index contributed by atoms with van der Waals surface area (Å²) in [6.45, 7) is 4.56. The van der Waals surface area contributed by atoms with Gasteiger partial charge in [0.05, 0.1) is 0 Å². The fourth-order valence-electron chi connectivity index (χ4n) is 2.60. The highest BCUT2D eigenvalue weighted by Gasteiger charge is 2.25. The molecule has 1 aliphatic rings. The minimum absolute atomic E-state index is 0.00277. The zero-order valence-electron chi connectivity index (χ0n) is 13.3. The van der Waals surface area contributed by atoms with Crippen LogP contribution in [-0.4, -0.2) is 51.7 Å². The Morgan fingerprint density at radius 2 is 1.92 bits per heavy atom. The smallest absolute Gasteiger partial charge is 0.240 e. The van der Waals surface area contributed by atoms with E-state index in [2.05, 4.69) is 14.3 Å². The Hall–Kier alpha value is -1.37. The van der Waals surface area contributed by atoms with Gasteiger partial charge in [-0.05, 0) is 24.6 Å². The standard InChI is InChI=1S/C16H18Cl2N4OS/c1-11(17)15(23)21-6-8-22(9-7-21)16-19-14(20-24-16)10-12-2-4-13(18)5-3-12/h2-5,11H,6-10H2,1H3/t11-/m1/s1. The Kier molecular flexibility index (Phi) is 5.58. The van der Waals surface area contributed by atoms with E-state index in [4.69, 9.17) is 23.2 Å². The summed E-state index contributed by atoms with van der Waals surface area (Å²) in [5.41, 5.74) is 1.13. The van der Waals surface area contributed by atoms with Crippen molar-refractivity contribution in [1.29, 1.82) is 0 Å². The molecule has 0 radical (unpaired) electrons. The Bertz CT molecular complexity index is 696. The second-order valence-electron chi connectivity index (χ2n) is 5.72. The van der Waals surface area contributed by atoms with E-state index in [0.29, 0.717) is 19.5 Å². The van der Waals surface area contributed by atoms with E-state index in [9.17, 15) is 4.79 Å². The van der Waals surface area contributed by atoms with E-state index in [-0.39, 0.29) is 5.91 Å². The number of hydrogen-bond acceptors (Lipinski definition) is 5. The van der Waals surface area contributed by atoms with E-state index in [1.54, 1.807) is 6.92 Å². The maximum Gasteiger partial charge on any atom is 0.240 e. The van der Waals surface area contributed by atoms with E-state index >= 15 is 0 Å². The highest BCUT2D eigenvalue weighted by molar-refractivity contribution is 7.09. The molecule has 1 aromatic carbocycles. The first-order valence-corrected chi connectivity index (χ1v) is 9.36. The van der Waals surface area contributed by atoms with Crippen LogP contribution >= 0.6 is 34.7 Å². The van der Waals surface area contributed by atoms with Crippen LogP contribution in [0.3, 0.4) is 0 Å². The summed E-state index contributed by atoms with van der Waals surface area (Å²) in [6, 6.07) is 7.72. The van der Waals surface area contributed by atoms with Gasteiger partial charge in [0.25, 0.3) is 0 Å². The number of nitrogens with zero attached hydrogens (tertiary/aromatic N) is 4. The second kappa shape index (κ2) is 7.68. The van der Waals surface area contributed by atoms with Crippen molar-refractivity contribution in [3.05, 3.63) is 40.7 Å². The third-order valence-electron chi connectivity index (χ3n) is 3.94. The van der Waals surface area contributed by atoms with Gasteiger partial charge in [-0.25, -0.2) is 4.98 Å². The first kappa shape index (κ1) is 17.5. The highest BCUT2D eigenvalue weighted by Crippen LogP contribution is 2.21. The maximum atomic E-state index is 11.9. The molecule has 2 heterocycles. The van der Waals surface area contributed by atoms with Gasteiger partial charge in [-0.1, -0.05) is 23.7 Å². The maximum absolute atomic E-state index is 11.9. The van der Waals surface area contributed by atoms with Crippen LogP contribution in [0, 0.1) is 0 Å². The SMILES string of the molecule is C[C@@H](Cl)C(=O)N1CCN(c2nc(Cc3ccc(Cl)cc3)ns2)CC1. The molecule has 0 unspecified atom stereocenters. The summed E-state index contributed by atoms with van der Waals surface area (Å²) >= 11 is 13.2. The normalized spacial score (nSPS) is 16.3. The second-order valence-corrected chi connectivity index (χ2v) is 7.55. The van der Waals surface area contributed by atoms with E-state index < -0.39 is 5.38 Å². The molecule has 128 valence electrons. The number of aromatic nitrogens is 2. The topological polar surface area (TPSA) is 49.3 Å². The largest absolute Gasteiger partial charge is 0.343 e. The van der Waals surface area contributed by atoms with Crippen LogP contribution in [0.2, 0.25) is 5.02 Å². The van der Waals surface area contributed by atoms with Crippen molar-refractivity contribution in [1.82, 2.24) is 14.3 Å². The molecular formula is C16H18Cl2N4OS. The summed E-state index contributed by atoms with van der Waals surface area (Å²) in [5.74, 6) is 0.808. The van der Waals surface area contributed by atoms with Gasteiger partial charge in [0.15, 0.2) is 0 Å². The molecule has 3 rings (SSSR count). The molecule has 1 amide bonds. The number of benzene rings is 1. The summed E-state index contributed by atoms with van der Waals surface area (Å²) < 4.78 is 4.45. The third kappa shape index (κ3) is 4.18. The summed E-state index contributed by atoms with van der Waals surface area (Å²) in [6.07, 6.45) is 0.690. The molecule has 1 saturated heterocycles. The molecule has 1 aromatic heterocycles. The number of anilines is 1. The molecule has 8 heteroatoms. The van der Waals surface area contributed by atoms with Crippen molar-refractivity contribution in [2.75, 3.05) is 31.1 Å². The quantitative estimate of drug-likeness (QED) is 0.760.